The van der Waals surface area contributed by atoms with E-state index in [1.807, 2.05) is 0 Å². The summed E-state index contributed by atoms with van der Waals surface area (Å²) in [5, 5.41) is 19.4. The maximum atomic E-state index is 14.5. The van der Waals surface area contributed by atoms with Crippen molar-refractivity contribution in [3.63, 3.8) is 0 Å². The summed E-state index contributed by atoms with van der Waals surface area (Å²) in [7, 11) is 0. The van der Waals surface area contributed by atoms with Crippen LogP contribution in [-0.2, 0) is 11.8 Å². The maximum Gasteiger partial charge on any atom is 0.411 e. The summed E-state index contributed by atoms with van der Waals surface area (Å²) in [5.74, 6) is -0.828. The van der Waals surface area contributed by atoms with Crippen molar-refractivity contribution in [1.29, 1.82) is 0 Å². The lowest BCUT2D eigenvalue weighted by molar-refractivity contribution is -0.289. The molecule has 0 aliphatic heterocycles. The molecule has 0 bridgehead atoms. The lowest BCUT2D eigenvalue weighted by atomic mass is 9.66. The second-order valence-electron chi connectivity index (χ2n) is 6.85. The zero-order valence-corrected chi connectivity index (χ0v) is 15.7. The molecule has 0 atom stereocenters. The van der Waals surface area contributed by atoms with Crippen LogP contribution in [0.15, 0.2) is 24.3 Å². The molecule has 0 aliphatic rings. The number of hydrogen-bond donors (Lipinski definition) is 2. The van der Waals surface area contributed by atoms with E-state index in [9.17, 15) is 36.6 Å². The first-order valence-corrected chi connectivity index (χ1v) is 8.45. The van der Waals surface area contributed by atoms with Gasteiger partial charge in [-0.05, 0) is 84.8 Å². The largest absolute Gasteiger partial charge is 0.508 e. The highest BCUT2D eigenvalue weighted by molar-refractivity contribution is 5.58. The molecule has 0 saturated heterocycles. The van der Waals surface area contributed by atoms with Gasteiger partial charge in [0.1, 0.15) is 11.5 Å². The molecule has 0 saturated carbocycles. The first-order chi connectivity index (χ1) is 12.7. The van der Waals surface area contributed by atoms with Gasteiger partial charge < -0.3 is 10.2 Å². The molecule has 0 aromatic heterocycles. The molecule has 2 nitrogen and oxygen atoms in total. The third-order valence-corrected chi connectivity index (χ3v) is 4.90. The highest BCUT2D eigenvalue weighted by Crippen LogP contribution is 2.59. The van der Waals surface area contributed by atoms with Crippen LogP contribution in [0.1, 0.15) is 40.3 Å². The molecule has 2 aromatic rings. The van der Waals surface area contributed by atoms with Crippen molar-refractivity contribution in [1.82, 2.24) is 0 Å². The van der Waals surface area contributed by atoms with Gasteiger partial charge in [-0.15, -0.1) is 0 Å². The Balaban J connectivity index is 3.21. The van der Waals surface area contributed by atoms with E-state index in [1.165, 1.54) is 6.92 Å². The highest BCUT2D eigenvalue weighted by atomic mass is 19.4. The van der Waals surface area contributed by atoms with Crippen LogP contribution in [0.25, 0.3) is 0 Å². The summed E-state index contributed by atoms with van der Waals surface area (Å²) in [5.41, 5.74) is -7.45. The zero-order valence-electron chi connectivity index (χ0n) is 15.7. The minimum atomic E-state index is -5.73. The van der Waals surface area contributed by atoms with Gasteiger partial charge in [0.2, 0.25) is 5.41 Å². The number of rotatable bonds is 3. The highest BCUT2D eigenvalue weighted by Gasteiger charge is 2.74. The number of phenols is 2. The van der Waals surface area contributed by atoms with E-state index in [1.54, 1.807) is 0 Å². The van der Waals surface area contributed by atoms with Crippen LogP contribution >= 0.6 is 0 Å². The topological polar surface area (TPSA) is 40.5 Å². The minimum Gasteiger partial charge on any atom is -0.508 e. The van der Waals surface area contributed by atoms with Gasteiger partial charge in [0, 0.05) is 0 Å². The third-order valence-electron chi connectivity index (χ3n) is 4.90. The SMILES string of the molecule is CCc1cc(O)cc(C)c1C(c1c(C)cc(O)cc1C)(C(F)(F)F)C(F)(F)F. The molecule has 8 heteroatoms. The Morgan fingerprint density at radius 2 is 1.04 bits per heavy atom. The third kappa shape index (κ3) is 3.18. The van der Waals surface area contributed by atoms with E-state index in [4.69, 9.17) is 0 Å². The molecule has 28 heavy (non-hydrogen) atoms. The standard InChI is InChI=1S/C20H20F6O2/c1-5-13-9-15(28)8-12(4)17(13)18(19(21,22)23,20(24,25)26)16-10(2)6-14(27)7-11(16)3/h6-9,27-28H,5H2,1-4H3. The summed E-state index contributed by atoms with van der Waals surface area (Å²) in [6.07, 6.45) is -11.6. The van der Waals surface area contributed by atoms with Crippen LogP contribution in [0.4, 0.5) is 26.3 Å². The van der Waals surface area contributed by atoms with Crippen molar-refractivity contribution in [3.8, 4) is 11.5 Å². The zero-order chi connectivity index (χ0) is 21.7. The average Bonchev–Trinajstić information content (AvgIpc) is 2.48. The Bertz CT molecular complexity index is 860. The van der Waals surface area contributed by atoms with E-state index in [0.717, 1.165) is 45.0 Å². The first-order valence-electron chi connectivity index (χ1n) is 8.45. The Morgan fingerprint density at radius 3 is 1.39 bits per heavy atom. The van der Waals surface area contributed by atoms with Gasteiger partial charge in [-0.3, -0.25) is 0 Å². The van der Waals surface area contributed by atoms with Gasteiger partial charge in [0.15, 0.2) is 0 Å². The van der Waals surface area contributed by atoms with Crippen LogP contribution in [0.3, 0.4) is 0 Å². The second-order valence-corrected chi connectivity index (χ2v) is 6.85. The minimum absolute atomic E-state index is 0.144. The fraction of sp³-hybridized carbons (Fsp3) is 0.400. The molecule has 0 heterocycles. The van der Waals surface area contributed by atoms with Crippen LogP contribution < -0.4 is 0 Å². The van der Waals surface area contributed by atoms with Gasteiger partial charge in [-0.25, -0.2) is 0 Å². The number of benzene rings is 2. The molecule has 2 aromatic carbocycles. The summed E-state index contributed by atoms with van der Waals surface area (Å²) in [4.78, 5) is 0. The monoisotopic (exact) mass is 406 g/mol. The van der Waals surface area contributed by atoms with Gasteiger partial charge in [-0.2, -0.15) is 26.3 Å². The van der Waals surface area contributed by atoms with E-state index >= 15 is 0 Å². The fourth-order valence-electron chi connectivity index (χ4n) is 4.04. The molecular weight excluding hydrogens is 386 g/mol. The number of hydrogen-bond acceptors (Lipinski definition) is 2. The van der Waals surface area contributed by atoms with Crippen molar-refractivity contribution in [2.24, 2.45) is 0 Å². The predicted octanol–water partition coefficient (Wildman–Crippen LogP) is 6.00. The van der Waals surface area contributed by atoms with Crippen molar-refractivity contribution in [2.45, 2.75) is 51.9 Å². The Morgan fingerprint density at radius 1 is 0.679 bits per heavy atom. The quantitative estimate of drug-likeness (QED) is 0.614. The normalized spacial score (nSPS) is 13.1. The predicted molar refractivity (Wildman–Crippen MR) is 92.7 cm³/mol. The number of phenolic OH excluding ortho intramolecular Hbond substituents is 2. The van der Waals surface area contributed by atoms with E-state index < -0.39 is 40.4 Å². The Hall–Kier alpha value is -2.38. The number of aryl methyl sites for hydroxylation is 4. The molecule has 2 rings (SSSR count). The van der Waals surface area contributed by atoms with E-state index in [2.05, 4.69) is 0 Å². The number of alkyl halides is 6. The molecule has 2 N–H and O–H groups in total. The summed E-state index contributed by atoms with van der Waals surface area (Å²) in [6.45, 7) is 4.75. The lowest BCUT2D eigenvalue weighted by Gasteiger charge is -2.42. The van der Waals surface area contributed by atoms with Crippen molar-refractivity contribution in [3.05, 3.63) is 57.6 Å². The summed E-state index contributed by atoms with van der Waals surface area (Å²) >= 11 is 0. The van der Waals surface area contributed by atoms with Gasteiger partial charge in [0.05, 0.1) is 0 Å². The van der Waals surface area contributed by atoms with Crippen molar-refractivity contribution < 1.29 is 36.6 Å². The van der Waals surface area contributed by atoms with Gasteiger partial charge >= 0.3 is 12.4 Å². The Kier molecular flexibility index (Phi) is 5.40. The first kappa shape index (κ1) is 21.9. The second kappa shape index (κ2) is 6.90. The molecule has 154 valence electrons. The van der Waals surface area contributed by atoms with Crippen LogP contribution in [0.5, 0.6) is 11.5 Å². The molecular formula is C20H20F6O2. The summed E-state index contributed by atoms with van der Waals surface area (Å²) < 4.78 is 86.7. The molecule has 0 spiro atoms. The smallest absolute Gasteiger partial charge is 0.411 e. The van der Waals surface area contributed by atoms with Gasteiger partial charge in [-0.1, -0.05) is 6.92 Å². The molecule has 0 radical (unpaired) electrons. The fourth-order valence-corrected chi connectivity index (χ4v) is 4.04. The molecule has 0 fully saturated rings. The van der Waals surface area contributed by atoms with E-state index in [0.29, 0.717) is 0 Å². The average molecular weight is 406 g/mol. The molecule has 0 amide bonds. The van der Waals surface area contributed by atoms with Crippen molar-refractivity contribution in [2.75, 3.05) is 0 Å². The lowest BCUT2D eigenvalue weighted by Crippen LogP contribution is -2.56. The van der Waals surface area contributed by atoms with Gasteiger partial charge in [0.25, 0.3) is 0 Å². The Labute approximate surface area is 158 Å². The van der Waals surface area contributed by atoms with Crippen LogP contribution in [-0.4, -0.2) is 22.6 Å². The molecule has 0 unspecified atom stereocenters. The van der Waals surface area contributed by atoms with Crippen LogP contribution in [0, 0.1) is 20.8 Å². The molecule has 0 aliphatic carbocycles. The summed E-state index contributed by atoms with van der Waals surface area (Å²) in [6, 6.07) is 3.59. The van der Waals surface area contributed by atoms with Crippen LogP contribution in [0.2, 0.25) is 0 Å². The van der Waals surface area contributed by atoms with E-state index in [-0.39, 0.29) is 28.7 Å². The maximum absolute atomic E-state index is 14.5. The number of halogens is 6. The van der Waals surface area contributed by atoms with Crippen molar-refractivity contribution >= 4 is 0 Å². The number of aromatic hydroxyl groups is 2.